The minimum Gasteiger partial charge on any atom is -0.345 e. The maximum atomic E-state index is 13.2. The van der Waals surface area contributed by atoms with Crippen LogP contribution in [0.4, 0.5) is 4.39 Å². The van der Waals surface area contributed by atoms with Gasteiger partial charge in [0.25, 0.3) is 5.91 Å². The Morgan fingerprint density at radius 1 is 1.13 bits per heavy atom. The summed E-state index contributed by atoms with van der Waals surface area (Å²) >= 11 is 5.23. The number of nitrogens with zero attached hydrogens (tertiary/aromatic N) is 3. The van der Waals surface area contributed by atoms with E-state index < -0.39 is 15.9 Å². The third kappa shape index (κ3) is 4.89. The molecule has 2 aromatic carbocycles. The van der Waals surface area contributed by atoms with E-state index in [1.807, 2.05) is 0 Å². The number of hydrogen-bond acceptors (Lipinski definition) is 5. The molecule has 0 aliphatic rings. The fourth-order valence-corrected chi connectivity index (χ4v) is 4.77. The first-order chi connectivity index (χ1) is 14.8. The van der Waals surface area contributed by atoms with Gasteiger partial charge in [-0.1, -0.05) is 13.8 Å². The lowest BCUT2D eigenvalue weighted by Gasteiger charge is -2.18. The molecule has 8 nitrogen and oxygen atoms in total. The van der Waals surface area contributed by atoms with Crippen molar-refractivity contribution in [2.24, 2.45) is 0 Å². The molecule has 0 radical (unpaired) electrons. The second-order valence-corrected chi connectivity index (χ2v) is 8.88. The van der Waals surface area contributed by atoms with Crippen molar-refractivity contribution < 1.29 is 17.6 Å². The van der Waals surface area contributed by atoms with Gasteiger partial charge in [0.05, 0.1) is 11.4 Å². The molecule has 3 aromatic rings. The van der Waals surface area contributed by atoms with E-state index in [1.54, 1.807) is 30.5 Å². The van der Waals surface area contributed by atoms with Crippen LogP contribution in [0.25, 0.3) is 5.69 Å². The van der Waals surface area contributed by atoms with Crippen LogP contribution in [0.3, 0.4) is 0 Å². The Balaban J connectivity index is 1.74. The van der Waals surface area contributed by atoms with Gasteiger partial charge >= 0.3 is 0 Å². The molecule has 164 valence electrons. The fraction of sp³-hybridized carbons (Fsp3) is 0.250. The third-order valence-corrected chi connectivity index (χ3v) is 7.03. The molecule has 0 aliphatic carbocycles. The van der Waals surface area contributed by atoms with E-state index in [0.717, 1.165) is 0 Å². The van der Waals surface area contributed by atoms with Crippen LogP contribution in [0.1, 0.15) is 30.0 Å². The van der Waals surface area contributed by atoms with Crippen LogP contribution in [0.2, 0.25) is 0 Å². The van der Waals surface area contributed by atoms with Crippen LogP contribution in [-0.2, 0) is 16.6 Å². The van der Waals surface area contributed by atoms with E-state index in [9.17, 15) is 17.6 Å². The molecule has 0 unspecified atom stereocenters. The maximum absolute atomic E-state index is 13.2. The topological polar surface area (TPSA) is 100 Å². The van der Waals surface area contributed by atoms with E-state index in [2.05, 4.69) is 15.5 Å². The molecule has 3 rings (SSSR count). The SMILES string of the molecule is CCN(CC)S(=O)(=O)c1ccc(C(=O)NCc2n[nH]c(=S)n2-c2ccc(F)cc2)cc1. The monoisotopic (exact) mass is 463 g/mol. The highest BCUT2D eigenvalue weighted by molar-refractivity contribution is 7.89. The van der Waals surface area contributed by atoms with Gasteiger partial charge in [0.15, 0.2) is 10.6 Å². The van der Waals surface area contributed by atoms with E-state index in [-0.39, 0.29) is 17.3 Å². The number of H-pyrrole nitrogens is 1. The van der Waals surface area contributed by atoms with E-state index in [0.29, 0.717) is 34.9 Å². The van der Waals surface area contributed by atoms with Crippen LogP contribution in [-0.4, -0.2) is 46.5 Å². The Hall–Kier alpha value is -2.89. The lowest BCUT2D eigenvalue weighted by atomic mass is 10.2. The summed E-state index contributed by atoms with van der Waals surface area (Å²) in [6, 6.07) is 11.5. The first-order valence-electron chi connectivity index (χ1n) is 9.58. The fourth-order valence-electron chi connectivity index (χ4n) is 3.06. The van der Waals surface area contributed by atoms with Crippen LogP contribution in [0, 0.1) is 10.6 Å². The van der Waals surface area contributed by atoms with Crippen molar-refractivity contribution in [1.82, 2.24) is 24.4 Å². The summed E-state index contributed by atoms with van der Waals surface area (Å²) in [7, 11) is -3.59. The van der Waals surface area contributed by atoms with Gasteiger partial charge in [0, 0.05) is 24.3 Å². The zero-order valence-electron chi connectivity index (χ0n) is 17.0. The van der Waals surface area contributed by atoms with Gasteiger partial charge < -0.3 is 5.32 Å². The average Bonchev–Trinajstić information content (AvgIpc) is 3.13. The Morgan fingerprint density at radius 3 is 2.32 bits per heavy atom. The molecule has 31 heavy (non-hydrogen) atoms. The van der Waals surface area contributed by atoms with Crippen molar-refractivity contribution >= 4 is 28.1 Å². The predicted molar refractivity (Wildman–Crippen MR) is 116 cm³/mol. The Kier molecular flexibility index (Phi) is 6.98. The summed E-state index contributed by atoms with van der Waals surface area (Å²) in [6.07, 6.45) is 0. The van der Waals surface area contributed by atoms with Crippen molar-refractivity contribution in [1.29, 1.82) is 0 Å². The second-order valence-electron chi connectivity index (χ2n) is 6.55. The summed E-state index contributed by atoms with van der Waals surface area (Å²) in [5.41, 5.74) is 0.913. The molecular formula is C20H22FN5O3S2. The molecule has 0 saturated carbocycles. The van der Waals surface area contributed by atoms with Crippen LogP contribution in [0.5, 0.6) is 0 Å². The number of sulfonamides is 1. The number of carbonyl (C=O) groups excluding carboxylic acids is 1. The zero-order valence-corrected chi connectivity index (χ0v) is 18.6. The van der Waals surface area contributed by atoms with Gasteiger partial charge in [0.2, 0.25) is 10.0 Å². The number of benzene rings is 2. The van der Waals surface area contributed by atoms with E-state index in [1.165, 1.54) is 40.7 Å². The highest BCUT2D eigenvalue weighted by atomic mass is 32.2. The first kappa shape index (κ1) is 22.8. The summed E-state index contributed by atoms with van der Waals surface area (Å²) in [6.45, 7) is 4.32. The van der Waals surface area contributed by atoms with Gasteiger partial charge in [-0.25, -0.2) is 12.8 Å². The molecule has 0 aliphatic heterocycles. The molecule has 11 heteroatoms. The molecule has 2 N–H and O–H groups in total. The minimum absolute atomic E-state index is 0.0584. The van der Waals surface area contributed by atoms with Crippen molar-refractivity contribution in [2.45, 2.75) is 25.3 Å². The number of rotatable bonds is 8. The highest BCUT2D eigenvalue weighted by Crippen LogP contribution is 2.17. The largest absolute Gasteiger partial charge is 0.345 e. The lowest BCUT2D eigenvalue weighted by Crippen LogP contribution is -2.30. The molecule has 0 fully saturated rings. The molecule has 1 aromatic heterocycles. The van der Waals surface area contributed by atoms with Gasteiger partial charge in [-0.05, 0) is 60.7 Å². The summed E-state index contributed by atoms with van der Waals surface area (Å²) in [4.78, 5) is 12.7. The Bertz CT molecular complexity index is 1210. The summed E-state index contributed by atoms with van der Waals surface area (Å²) in [5, 5.41) is 9.51. The van der Waals surface area contributed by atoms with Crippen molar-refractivity contribution in [2.75, 3.05) is 13.1 Å². The number of aromatic amines is 1. The second kappa shape index (κ2) is 9.50. The molecule has 0 spiro atoms. The summed E-state index contributed by atoms with van der Waals surface area (Å²) < 4.78 is 41.6. The average molecular weight is 464 g/mol. The molecular weight excluding hydrogens is 441 g/mol. The van der Waals surface area contributed by atoms with Gasteiger partial charge in [0.1, 0.15) is 5.82 Å². The zero-order chi connectivity index (χ0) is 22.6. The number of aromatic nitrogens is 3. The minimum atomic E-state index is -3.59. The highest BCUT2D eigenvalue weighted by Gasteiger charge is 2.21. The number of carbonyl (C=O) groups is 1. The number of halogens is 1. The quantitative estimate of drug-likeness (QED) is 0.500. The van der Waals surface area contributed by atoms with Crippen LogP contribution >= 0.6 is 12.2 Å². The van der Waals surface area contributed by atoms with E-state index >= 15 is 0 Å². The third-order valence-electron chi connectivity index (χ3n) is 4.69. The van der Waals surface area contributed by atoms with Gasteiger partial charge in [-0.2, -0.15) is 9.40 Å². The van der Waals surface area contributed by atoms with Gasteiger partial charge in [-0.3, -0.25) is 14.5 Å². The van der Waals surface area contributed by atoms with Crippen molar-refractivity contribution in [3.63, 3.8) is 0 Å². The summed E-state index contributed by atoms with van der Waals surface area (Å²) in [5.74, 6) is -0.336. The smallest absolute Gasteiger partial charge is 0.251 e. The standard InChI is InChI=1S/C20H22FN5O3S2/c1-3-25(4-2)31(28,29)17-11-5-14(6-12-17)19(27)22-13-18-23-24-20(30)26(18)16-9-7-15(21)8-10-16/h5-12H,3-4,13H2,1-2H3,(H,22,27)(H,24,30). The van der Waals surface area contributed by atoms with Crippen LogP contribution in [0.15, 0.2) is 53.4 Å². The van der Waals surface area contributed by atoms with Crippen molar-refractivity contribution in [3.8, 4) is 5.69 Å². The number of nitrogens with one attached hydrogen (secondary N) is 2. The number of amides is 1. The molecule has 0 atom stereocenters. The maximum Gasteiger partial charge on any atom is 0.251 e. The lowest BCUT2D eigenvalue weighted by molar-refractivity contribution is 0.0949. The molecule has 0 saturated heterocycles. The molecule has 1 heterocycles. The Labute approximate surface area is 184 Å². The normalized spacial score (nSPS) is 11.6. The molecule has 1 amide bonds. The van der Waals surface area contributed by atoms with E-state index in [4.69, 9.17) is 12.2 Å². The number of hydrogen-bond donors (Lipinski definition) is 2. The van der Waals surface area contributed by atoms with Gasteiger partial charge in [-0.15, -0.1) is 0 Å². The molecule has 0 bridgehead atoms. The predicted octanol–water partition coefficient (Wildman–Crippen LogP) is 3.03. The Morgan fingerprint density at radius 2 is 1.74 bits per heavy atom. The first-order valence-corrected chi connectivity index (χ1v) is 11.4. The van der Waals surface area contributed by atoms with Crippen LogP contribution < -0.4 is 5.32 Å². The van der Waals surface area contributed by atoms with Crippen molar-refractivity contribution in [3.05, 3.63) is 70.5 Å².